The number of thiazole rings is 1. The molecular formula is C13H14N2O2S. The van der Waals surface area contributed by atoms with Crippen molar-refractivity contribution in [3.05, 3.63) is 46.4 Å². The summed E-state index contributed by atoms with van der Waals surface area (Å²) in [5.41, 5.74) is 1.78. The molecule has 0 spiro atoms. The van der Waals surface area contributed by atoms with Crippen molar-refractivity contribution in [3.63, 3.8) is 0 Å². The summed E-state index contributed by atoms with van der Waals surface area (Å²) in [5, 5.41) is 14.6. The van der Waals surface area contributed by atoms with Crippen LogP contribution in [0.1, 0.15) is 17.5 Å². The fraction of sp³-hybridized carbons (Fsp3) is 0.231. The van der Waals surface area contributed by atoms with E-state index in [0.29, 0.717) is 18.7 Å². The Hall–Kier alpha value is -1.88. The highest BCUT2D eigenvalue weighted by molar-refractivity contribution is 7.09. The van der Waals surface area contributed by atoms with E-state index in [0.717, 1.165) is 16.3 Å². The van der Waals surface area contributed by atoms with Crippen LogP contribution in [0.5, 0.6) is 5.75 Å². The van der Waals surface area contributed by atoms with Gasteiger partial charge in [0.2, 0.25) is 0 Å². The van der Waals surface area contributed by atoms with Crippen molar-refractivity contribution in [1.82, 2.24) is 4.98 Å². The number of hydrogen-bond donors (Lipinski definition) is 1. The zero-order chi connectivity index (χ0) is 12.8. The quantitative estimate of drug-likeness (QED) is 0.511. The van der Waals surface area contributed by atoms with Gasteiger partial charge in [-0.15, -0.1) is 11.3 Å². The van der Waals surface area contributed by atoms with Gasteiger partial charge in [-0.2, -0.15) is 0 Å². The predicted octanol–water partition coefficient (Wildman–Crippen LogP) is 3.11. The number of benzene rings is 1. The second kappa shape index (κ2) is 6.16. The number of hydrogen-bond acceptors (Lipinski definition) is 5. The summed E-state index contributed by atoms with van der Waals surface area (Å²) in [6.45, 7) is 2.28. The fourth-order valence-electron chi connectivity index (χ4n) is 1.50. The lowest BCUT2D eigenvalue weighted by Gasteiger charge is -2.05. The number of ether oxygens (including phenoxy) is 1. The van der Waals surface area contributed by atoms with Crippen LogP contribution in [0.2, 0.25) is 0 Å². The first kappa shape index (κ1) is 12.6. The van der Waals surface area contributed by atoms with E-state index in [-0.39, 0.29) is 0 Å². The molecule has 5 heteroatoms. The number of nitrogens with zero attached hydrogens (tertiary/aromatic N) is 2. The molecule has 0 aliphatic heterocycles. The highest BCUT2D eigenvalue weighted by Gasteiger charge is 2.00. The molecule has 1 aromatic carbocycles. The van der Waals surface area contributed by atoms with Crippen LogP contribution >= 0.6 is 11.3 Å². The molecule has 2 rings (SSSR count). The molecule has 0 bridgehead atoms. The van der Waals surface area contributed by atoms with E-state index in [9.17, 15) is 0 Å². The third kappa shape index (κ3) is 3.56. The van der Waals surface area contributed by atoms with Gasteiger partial charge in [-0.3, -0.25) is 0 Å². The average molecular weight is 262 g/mol. The minimum atomic E-state index is 0.494. The van der Waals surface area contributed by atoms with E-state index in [1.54, 1.807) is 24.5 Å². The van der Waals surface area contributed by atoms with E-state index in [4.69, 9.17) is 9.94 Å². The second-order valence-corrected chi connectivity index (χ2v) is 4.85. The van der Waals surface area contributed by atoms with Gasteiger partial charge in [0.1, 0.15) is 17.4 Å². The second-order valence-electron chi connectivity index (χ2n) is 3.87. The van der Waals surface area contributed by atoms with Crippen LogP contribution in [0.4, 0.5) is 0 Å². The van der Waals surface area contributed by atoms with Crippen molar-refractivity contribution in [2.75, 3.05) is 0 Å². The molecule has 0 saturated heterocycles. The van der Waals surface area contributed by atoms with Crippen LogP contribution in [-0.4, -0.2) is 15.9 Å². The van der Waals surface area contributed by atoms with E-state index < -0.39 is 0 Å². The van der Waals surface area contributed by atoms with E-state index in [1.807, 2.05) is 29.6 Å². The third-order valence-corrected chi connectivity index (χ3v) is 3.15. The molecule has 0 radical (unpaired) electrons. The lowest BCUT2D eigenvalue weighted by atomic mass is 10.1. The standard InChI is InChI=1S/C13H14N2O2S/c1-10(15-16)8-11-2-4-12(5-3-11)17-9-13-14-6-7-18-13/h2-7,16H,8-9H2,1H3/b15-10-. The summed E-state index contributed by atoms with van der Waals surface area (Å²) in [6.07, 6.45) is 2.41. The molecular weight excluding hydrogens is 248 g/mol. The maximum absolute atomic E-state index is 8.60. The molecule has 0 saturated carbocycles. The minimum Gasteiger partial charge on any atom is -0.486 e. The van der Waals surface area contributed by atoms with Gasteiger partial charge in [0.15, 0.2) is 0 Å². The van der Waals surface area contributed by atoms with Crippen LogP contribution in [0.15, 0.2) is 41.0 Å². The van der Waals surface area contributed by atoms with Gasteiger partial charge in [0, 0.05) is 18.0 Å². The largest absolute Gasteiger partial charge is 0.486 e. The van der Waals surface area contributed by atoms with Crippen molar-refractivity contribution >= 4 is 17.0 Å². The van der Waals surface area contributed by atoms with E-state index in [1.165, 1.54) is 0 Å². The van der Waals surface area contributed by atoms with Crippen molar-refractivity contribution < 1.29 is 9.94 Å². The first-order valence-electron chi connectivity index (χ1n) is 5.55. The molecule has 1 aromatic heterocycles. The van der Waals surface area contributed by atoms with Crippen LogP contribution in [-0.2, 0) is 13.0 Å². The van der Waals surface area contributed by atoms with E-state index in [2.05, 4.69) is 10.1 Å². The highest BCUT2D eigenvalue weighted by Crippen LogP contribution is 2.15. The SMILES string of the molecule is C/C(Cc1ccc(OCc2nccs2)cc1)=N/O. The lowest BCUT2D eigenvalue weighted by Crippen LogP contribution is -1.98. The molecule has 0 aliphatic carbocycles. The lowest BCUT2D eigenvalue weighted by molar-refractivity contribution is 0.305. The summed E-state index contributed by atoms with van der Waals surface area (Å²) in [6, 6.07) is 7.75. The number of rotatable bonds is 5. The monoisotopic (exact) mass is 262 g/mol. The van der Waals surface area contributed by atoms with Gasteiger partial charge in [-0.05, 0) is 24.6 Å². The third-order valence-electron chi connectivity index (χ3n) is 2.40. The molecule has 1 heterocycles. The van der Waals surface area contributed by atoms with Gasteiger partial charge in [0.25, 0.3) is 0 Å². The van der Waals surface area contributed by atoms with Crippen molar-refractivity contribution in [1.29, 1.82) is 0 Å². The molecule has 0 unspecified atom stereocenters. The zero-order valence-corrected chi connectivity index (χ0v) is 10.9. The number of oxime groups is 1. The summed E-state index contributed by atoms with van der Waals surface area (Å²) >= 11 is 1.58. The molecule has 0 fully saturated rings. The minimum absolute atomic E-state index is 0.494. The Morgan fingerprint density at radius 1 is 1.39 bits per heavy atom. The highest BCUT2D eigenvalue weighted by atomic mass is 32.1. The normalized spacial score (nSPS) is 11.5. The first-order chi connectivity index (χ1) is 8.78. The van der Waals surface area contributed by atoms with Gasteiger partial charge >= 0.3 is 0 Å². The zero-order valence-electron chi connectivity index (χ0n) is 10.0. The summed E-state index contributed by atoms with van der Waals surface area (Å²) < 4.78 is 5.60. The summed E-state index contributed by atoms with van der Waals surface area (Å²) in [7, 11) is 0. The van der Waals surface area contributed by atoms with Gasteiger partial charge in [-0.1, -0.05) is 17.3 Å². The van der Waals surface area contributed by atoms with Gasteiger partial charge in [0.05, 0.1) is 5.71 Å². The molecule has 4 nitrogen and oxygen atoms in total. The van der Waals surface area contributed by atoms with Crippen LogP contribution in [0.3, 0.4) is 0 Å². The van der Waals surface area contributed by atoms with Crippen molar-refractivity contribution in [2.24, 2.45) is 5.16 Å². The predicted molar refractivity (Wildman–Crippen MR) is 71.5 cm³/mol. The van der Waals surface area contributed by atoms with Crippen molar-refractivity contribution in [3.8, 4) is 5.75 Å². The topological polar surface area (TPSA) is 54.7 Å². The Morgan fingerprint density at radius 3 is 2.78 bits per heavy atom. The van der Waals surface area contributed by atoms with Crippen LogP contribution in [0, 0.1) is 0 Å². The molecule has 0 amide bonds. The van der Waals surface area contributed by atoms with Gasteiger partial charge < -0.3 is 9.94 Å². The van der Waals surface area contributed by atoms with Crippen LogP contribution < -0.4 is 4.74 Å². The average Bonchev–Trinajstić information content (AvgIpc) is 2.91. The molecule has 0 atom stereocenters. The summed E-state index contributed by atoms with van der Waals surface area (Å²) in [5.74, 6) is 0.813. The Labute approximate surface area is 110 Å². The maximum Gasteiger partial charge on any atom is 0.140 e. The smallest absolute Gasteiger partial charge is 0.140 e. The molecule has 1 N–H and O–H groups in total. The summed E-state index contributed by atoms with van der Waals surface area (Å²) in [4.78, 5) is 4.15. The molecule has 2 aromatic rings. The first-order valence-corrected chi connectivity index (χ1v) is 6.43. The van der Waals surface area contributed by atoms with Gasteiger partial charge in [-0.25, -0.2) is 4.98 Å². The van der Waals surface area contributed by atoms with Crippen molar-refractivity contribution in [2.45, 2.75) is 20.0 Å². The van der Waals surface area contributed by atoms with Crippen LogP contribution in [0.25, 0.3) is 0 Å². The molecule has 18 heavy (non-hydrogen) atoms. The number of aromatic nitrogens is 1. The fourth-order valence-corrected chi connectivity index (χ4v) is 2.03. The Kier molecular flexibility index (Phi) is 4.30. The van der Waals surface area contributed by atoms with E-state index >= 15 is 0 Å². The Balaban J connectivity index is 1.91. The maximum atomic E-state index is 8.60. The Bertz CT molecular complexity index is 506. The molecule has 0 aliphatic rings. The Morgan fingerprint density at radius 2 is 2.17 bits per heavy atom. The molecule has 94 valence electrons.